The zero-order chi connectivity index (χ0) is 15.0. The van der Waals surface area contributed by atoms with E-state index in [2.05, 4.69) is 30.6 Å². The average molecular weight is 293 g/mol. The molecule has 21 heavy (non-hydrogen) atoms. The van der Waals surface area contributed by atoms with Gasteiger partial charge in [0.1, 0.15) is 0 Å². The second kappa shape index (κ2) is 8.42. The minimum atomic E-state index is -0.0613. The molecule has 0 aromatic heterocycles. The summed E-state index contributed by atoms with van der Waals surface area (Å²) in [6.45, 7) is 7.76. The van der Waals surface area contributed by atoms with E-state index in [0.717, 1.165) is 51.5 Å². The molecular formula is C17H31N3O. The molecule has 1 fully saturated rings. The lowest BCUT2D eigenvalue weighted by atomic mass is 9.97. The van der Waals surface area contributed by atoms with Gasteiger partial charge in [-0.3, -0.25) is 4.99 Å². The van der Waals surface area contributed by atoms with E-state index >= 15 is 0 Å². The third-order valence-corrected chi connectivity index (χ3v) is 4.34. The maximum atomic E-state index is 5.80. The van der Waals surface area contributed by atoms with Gasteiger partial charge in [0, 0.05) is 19.7 Å². The highest BCUT2D eigenvalue weighted by Crippen LogP contribution is 2.25. The molecule has 120 valence electrons. The number of ether oxygens (including phenoxy) is 1. The molecule has 0 aromatic carbocycles. The number of aliphatic imine (C=N–C) groups is 1. The molecule has 1 heterocycles. The molecule has 2 aliphatic rings. The summed E-state index contributed by atoms with van der Waals surface area (Å²) in [4.78, 5) is 4.70. The van der Waals surface area contributed by atoms with Gasteiger partial charge in [-0.1, -0.05) is 11.6 Å². The van der Waals surface area contributed by atoms with Crippen molar-refractivity contribution in [2.75, 3.05) is 26.2 Å². The Morgan fingerprint density at radius 1 is 1.33 bits per heavy atom. The molecule has 4 nitrogen and oxygen atoms in total. The normalized spacial score (nSPS) is 26.6. The van der Waals surface area contributed by atoms with E-state index in [4.69, 9.17) is 9.73 Å². The molecule has 0 aromatic rings. The number of allylic oxidation sites excluding steroid dienone is 1. The van der Waals surface area contributed by atoms with Gasteiger partial charge in [-0.2, -0.15) is 0 Å². The fourth-order valence-corrected chi connectivity index (χ4v) is 3.02. The van der Waals surface area contributed by atoms with Crippen molar-refractivity contribution in [1.29, 1.82) is 0 Å². The fraction of sp³-hybridized carbons (Fsp3) is 0.824. The maximum Gasteiger partial charge on any atom is 0.191 e. The first-order valence-corrected chi connectivity index (χ1v) is 8.56. The van der Waals surface area contributed by atoms with Gasteiger partial charge in [0.2, 0.25) is 0 Å². The zero-order valence-corrected chi connectivity index (χ0v) is 13.7. The number of guanidine groups is 1. The Morgan fingerprint density at radius 3 is 2.90 bits per heavy atom. The van der Waals surface area contributed by atoms with Crippen LogP contribution in [0.1, 0.15) is 58.8 Å². The second-order valence-electron chi connectivity index (χ2n) is 6.38. The molecule has 1 unspecified atom stereocenters. The van der Waals surface area contributed by atoms with Crippen LogP contribution >= 0.6 is 0 Å². The Labute approximate surface area is 129 Å². The van der Waals surface area contributed by atoms with Crippen LogP contribution in [0.15, 0.2) is 16.6 Å². The van der Waals surface area contributed by atoms with Gasteiger partial charge in [-0.25, -0.2) is 0 Å². The van der Waals surface area contributed by atoms with E-state index in [1.54, 1.807) is 5.57 Å². The topological polar surface area (TPSA) is 45.7 Å². The van der Waals surface area contributed by atoms with Crippen molar-refractivity contribution in [3.05, 3.63) is 11.6 Å². The highest BCUT2D eigenvalue weighted by molar-refractivity contribution is 5.79. The fourth-order valence-electron chi connectivity index (χ4n) is 3.02. The Morgan fingerprint density at radius 2 is 2.24 bits per heavy atom. The quantitative estimate of drug-likeness (QED) is 0.449. The van der Waals surface area contributed by atoms with Crippen LogP contribution in [0.25, 0.3) is 0 Å². The second-order valence-corrected chi connectivity index (χ2v) is 6.38. The summed E-state index contributed by atoms with van der Waals surface area (Å²) >= 11 is 0. The highest BCUT2D eigenvalue weighted by atomic mass is 16.5. The van der Waals surface area contributed by atoms with E-state index in [-0.39, 0.29) is 5.60 Å². The van der Waals surface area contributed by atoms with E-state index in [0.29, 0.717) is 0 Å². The molecule has 1 aliphatic carbocycles. The zero-order valence-electron chi connectivity index (χ0n) is 13.7. The summed E-state index contributed by atoms with van der Waals surface area (Å²) in [6.07, 6.45) is 11.1. The molecule has 2 rings (SSSR count). The van der Waals surface area contributed by atoms with Gasteiger partial charge >= 0.3 is 0 Å². The van der Waals surface area contributed by atoms with Crippen molar-refractivity contribution < 1.29 is 4.74 Å². The average Bonchev–Trinajstić information content (AvgIpc) is 2.93. The predicted octanol–water partition coefficient (Wildman–Crippen LogP) is 3.00. The lowest BCUT2D eigenvalue weighted by Crippen LogP contribution is -2.39. The van der Waals surface area contributed by atoms with Gasteiger partial charge in [-0.05, 0) is 58.8 Å². The van der Waals surface area contributed by atoms with Crippen molar-refractivity contribution in [3.8, 4) is 0 Å². The molecule has 0 saturated carbocycles. The molecule has 1 atom stereocenters. The van der Waals surface area contributed by atoms with Gasteiger partial charge in [0.25, 0.3) is 0 Å². The molecular weight excluding hydrogens is 262 g/mol. The molecule has 2 N–H and O–H groups in total. The summed E-state index contributed by atoms with van der Waals surface area (Å²) in [5.74, 6) is 0.922. The van der Waals surface area contributed by atoms with Crippen molar-refractivity contribution in [2.45, 2.75) is 64.4 Å². The van der Waals surface area contributed by atoms with Crippen LogP contribution < -0.4 is 10.6 Å². The Balaban J connectivity index is 1.76. The first kappa shape index (κ1) is 16.3. The molecule has 1 aliphatic heterocycles. The van der Waals surface area contributed by atoms with E-state index < -0.39 is 0 Å². The van der Waals surface area contributed by atoms with Crippen molar-refractivity contribution in [3.63, 3.8) is 0 Å². The van der Waals surface area contributed by atoms with Crippen molar-refractivity contribution in [2.24, 2.45) is 4.99 Å². The van der Waals surface area contributed by atoms with Crippen LogP contribution in [0.2, 0.25) is 0 Å². The summed E-state index contributed by atoms with van der Waals surface area (Å²) in [6, 6.07) is 0. The number of nitrogens with one attached hydrogen (secondary N) is 2. The first-order chi connectivity index (χ1) is 10.2. The molecule has 0 spiro atoms. The van der Waals surface area contributed by atoms with Crippen LogP contribution in [0.3, 0.4) is 0 Å². The minimum Gasteiger partial charge on any atom is -0.373 e. The maximum absolute atomic E-state index is 5.80. The van der Waals surface area contributed by atoms with E-state index in [1.807, 2.05) is 0 Å². The van der Waals surface area contributed by atoms with Gasteiger partial charge in [-0.15, -0.1) is 0 Å². The Kier molecular flexibility index (Phi) is 6.55. The third kappa shape index (κ3) is 5.70. The summed E-state index contributed by atoms with van der Waals surface area (Å²) in [5, 5.41) is 6.78. The van der Waals surface area contributed by atoms with Gasteiger partial charge in [0.15, 0.2) is 5.96 Å². The lowest BCUT2D eigenvalue weighted by Gasteiger charge is -2.21. The molecule has 0 amide bonds. The molecule has 0 radical (unpaired) electrons. The number of nitrogens with zero attached hydrogens (tertiary/aromatic N) is 1. The predicted molar refractivity (Wildman–Crippen MR) is 88.7 cm³/mol. The van der Waals surface area contributed by atoms with Crippen molar-refractivity contribution in [1.82, 2.24) is 10.6 Å². The largest absolute Gasteiger partial charge is 0.373 e. The van der Waals surface area contributed by atoms with Crippen LogP contribution in [-0.2, 0) is 4.74 Å². The smallest absolute Gasteiger partial charge is 0.191 e. The van der Waals surface area contributed by atoms with Crippen LogP contribution in [0.5, 0.6) is 0 Å². The standard InChI is InChI=1S/C17H31N3O/c1-3-18-16(20-14-17(2)11-7-13-21-17)19-12-10-15-8-5-4-6-9-15/h8H,3-7,9-14H2,1-2H3,(H2,18,19,20). The van der Waals surface area contributed by atoms with E-state index in [9.17, 15) is 0 Å². The van der Waals surface area contributed by atoms with E-state index in [1.165, 1.54) is 25.7 Å². The number of hydrogen-bond donors (Lipinski definition) is 2. The monoisotopic (exact) mass is 293 g/mol. The summed E-state index contributed by atoms with van der Waals surface area (Å²) < 4.78 is 5.80. The number of hydrogen-bond acceptors (Lipinski definition) is 2. The molecule has 1 saturated heterocycles. The molecule has 4 heteroatoms. The van der Waals surface area contributed by atoms with Crippen LogP contribution in [0.4, 0.5) is 0 Å². The molecule has 0 bridgehead atoms. The Bertz CT molecular complexity index is 370. The Hall–Kier alpha value is -1.03. The summed E-state index contributed by atoms with van der Waals surface area (Å²) in [7, 11) is 0. The van der Waals surface area contributed by atoms with Crippen LogP contribution in [-0.4, -0.2) is 37.8 Å². The van der Waals surface area contributed by atoms with Crippen molar-refractivity contribution >= 4 is 5.96 Å². The van der Waals surface area contributed by atoms with Gasteiger partial charge < -0.3 is 15.4 Å². The minimum absolute atomic E-state index is 0.0613. The van der Waals surface area contributed by atoms with Crippen LogP contribution in [0, 0.1) is 0 Å². The first-order valence-electron chi connectivity index (χ1n) is 8.56. The van der Waals surface area contributed by atoms with Gasteiger partial charge in [0.05, 0.1) is 12.1 Å². The highest BCUT2D eigenvalue weighted by Gasteiger charge is 2.29. The number of rotatable bonds is 6. The SMILES string of the molecule is CCNC(=NCC1(C)CCCO1)NCCC1=CCCCC1. The third-order valence-electron chi connectivity index (χ3n) is 4.34. The summed E-state index contributed by atoms with van der Waals surface area (Å²) in [5.41, 5.74) is 1.55. The lowest BCUT2D eigenvalue weighted by molar-refractivity contribution is 0.0283.